The van der Waals surface area contributed by atoms with Crippen LogP contribution in [0.5, 0.6) is 11.5 Å². The van der Waals surface area contributed by atoms with Crippen LogP contribution in [0.3, 0.4) is 0 Å². The van der Waals surface area contributed by atoms with Gasteiger partial charge in [0.05, 0.1) is 31.6 Å². The number of carbonyl (C=O) groups is 2. The summed E-state index contributed by atoms with van der Waals surface area (Å²) in [5.41, 5.74) is 0.772. The van der Waals surface area contributed by atoms with Crippen molar-refractivity contribution >= 4 is 11.9 Å². The molecule has 146 valence electrons. The van der Waals surface area contributed by atoms with Crippen LogP contribution in [0.25, 0.3) is 0 Å². The molecule has 0 fully saturated rings. The Balaban J connectivity index is 1.54. The van der Waals surface area contributed by atoms with Crippen LogP contribution in [0, 0.1) is 0 Å². The third-order valence-electron chi connectivity index (χ3n) is 4.16. The number of benzene rings is 2. The Kier molecular flexibility index (Phi) is 6.16. The van der Waals surface area contributed by atoms with Crippen LogP contribution in [0.15, 0.2) is 60.9 Å². The van der Waals surface area contributed by atoms with E-state index in [9.17, 15) is 9.59 Å². The van der Waals surface area contributed by atoms with Gasteiger partial charge in [-0.05, 0) is 54.6 Å². The Labute approximate surface area is 162 Å². The summed E-state index contributed by atoms with van der Waals surface area (Å²) in [5.74, 6) is 0.280. The van der Waals surface area contributed by atoms with E-state index in [2.05, 4.69) is 0 Å². The van der Waals surface area contributed by atoms with Gasteiger partial charge in [0.2, 0.25) is 0 Å². The van der Waals surface area contributed by atoms with Gasteiger partial charge in [0.15, 0.2) is 12.2 Å². The highest BCUT2D eigenvalue weighted by atomic mass is 16.6. The minimum atomic E-state index is -0.654. The van der Waals surface area contributed by atoms with Crippen LogP contribution in [-0.4, -0.2) is 45.0 Å². The second-order valence-electron chi connectivity index (χ2n) is 5.93. The average molecular weight is 384 g/mol. The van der Waals surface area contributed by atoms with E-state index in [1.54, 1.807) is 68.8 Å². The van der Waals surface area contributed by atoms with E-state index in [0.29, 0.717) is 22.6 Å². The largest absolute Gasteiger partial charge is 0.497 e. The minimum absolute atomic E-state index is 0.0571. The zero-order valence-corrected chi connectivity index (χ0v) is 15.5. The van der Waals surface area contributed by atoms with Gasteiger partial charge in [-0.15, -0.1) is 0 Å². The summed E-state index contributed by atoms with van der Waals surface area (Å²) in [6.45, 7) is -0.0571. The molecule has 0 amide bonds. The van der Waals surface area contributed by atoms with E-state index in [1.165, 1.54) is 6.26 Å². The first kappa shape index (κ1) is 19.3. The van der Waals surface area contributed by atoms with Crippen LogP contribution in [0.2, 0.25) is 0 Å². The van der Waals surface area contributed by atoms with Crippen molar-refractivity contribution < 1.29 is 33.3 Å². The van der Waals surface area contributed by atoms with Gasteiger partial charge < -0.3 is 23.7 Å². The highest BCUT2D eigenvalue weighted by Crippen LogP contribution is 2.19. The standard InChI is InChI=1S/C21H20O7/c1-24-16-7-3-14(4-8-16)20(22)27-13-19-18(11-12-26-19)28-21(23)15-5-9-17(25-2)10-6-15/h3-12,18-19H,13H2,1-2H3/t18-,19-/m1/s1. The Morgan fingerprint density at radius 3 is 1.93 bits per heavy atom. The van der Waals surface area contributed by atoms with Gasteiger partial charge in [-0.25, -0.2) is 9.59 Å². The summed E-state index contributed by atoms with van der Waals surface area (Å²) in [6, 6.07) is 13.1. The van der Waals surface area contributed by atoms with Crippen LogP contribution in [-0.2, 0) is 14.2 Å². The molecule has 0 aliphatic carbocycles. The molecular formula is C21H20O7. The maximum Gasteiger partial charge on any atom is 0.338 e. The Morgan fingerprint density at radius 1 is 0.857 bits per heavy atom. The summed E-state index contributed by atoms with van der Waals surface area (Å²) < 4.78 is 26.2. The monoisotopic (exact) mass is 384 g/mol. The van der Waals surface area contributed by atoms with Gasteiger partial charge in [-0.3, -0.25) is 0 Å². The molecule has 2 aromatic carbocycles. The van der Waals surface area contributed by atoms with E-state index in [-0.39, 0.29) is 6.61 Å². The summed E-state index contributed by atoms with van der Waals surface area (Å²) in [4.78, 5) is 24.4. The number of ether oxygens (including phenoxy) is 5. The van der Waals surface area contributed by atoms with Crippen molar-refractivity contribution in [2.24, 2.45) is 0 Å². The third kappa shape index (κ3) is 4.62. The van der Waals surface area contributed by atoms with Gasteiger partial charge in [-0.1, -0.05) is 0 Å². The lowest BCUT2D eigenvalue weighted by molar-refractivity contribution is -0.0189. The zero-order valence-electron chi connectivity index (χ0n) is 15.5. The molecular weight excluding hydrogens is 364 g/mol. The fourth-order valence-electron chi connectivity index (χ4n) is 2.56. The van der Waals surface area contributed by atoms with Gasteiger partial charge >= 0.3 is 11.9 Å². The van der Waals surface area contributed by atoms with E-state index in [0.717, 1.165) is 0 Å². The highest BCUT2D eigenvalue weighted by Gasteiger charge is 2.30. The van der Waals surface area contributed by atoms with Crippen molar-refractivity contribution in [1.82, 2.24) is 0 Å². The second kappa shape index (κ2) is 8.94. The first-order chi connectivity index (χ1) is 13.6. The minimum Gasteiger partial charge on any atom is -0.497 e. The number of hydrogen-bond acceptors (Lipinski definition) is 7. The van der Waals surface area contributed by atoms with E-state index < -0.39 is 24.1 Å². The fraction of sp³-hybridized carbons (Fsp3) is 0.238. The molecule has 1 heterocycles. The third-order valence-corrected chi connectivity index (χ3v) is 4.16. The Bertz CT molecular complexity index is 840. The van der Waals surface area contributed by atoms with Crippen molar-refractivity contribution in [3.8, 4) is 11.5 Å². The maximum absolute atomic E-state index is 12.3. The zero-order chi connectivity index (χ0) is 19.9. The number of esters is 2. The van der Waals surface area contributed by atoms with E-state index in [4.69, 9.17) is 23.7 Å². The van der Waals surface area contributed by atoms with Gasteiger partial charge in [-0.2, -0.15) is 0 Å². The van der Waals surface area contributed by atoms with Crippen LogP contribution in [0.4, 0.5) is 0 Å². The number of methoxy groups -OCH3 is 2. The summed E-state index contributed by atoms with van der Waals surface area (Å²) >= 11 is 0. The SMILES string of the molecule is COc1ccc(C(=O)OC[C@H]2OC=C[C@H]2OC(=O)c2ccc(OC)cc2)cc1. The molecule has 28 heavy (non-hydrogen) atoms. The maximum atomic E-state index is 12.3. The van der Waals surface area contributed by atoms with Crippen LogP contribution < -0.4 is 9.47 Å². The predicted molar refractivity (Wildman–Crippen MR) is 99.5 cm³/mol. The molecule has 7 nitrogen and oxygen atoms in total. The predicted octanol–water partition coefficient (Wildman–Crippen LogP) is 3.00. The smallest absolute Gasteiger partial charge is 0.338 e. The molecule has 0 spiro atoms. The van der Waals surface area contributed by atoms with Crippen molar-refractivity contribution in [1.29, 1.82) is 0 Å². The lowest BCUT2D eigenvalue weighted by atomic mass is 10.2. The Morgan fingerprint density at radius 2 is 1.39 bits per heavy atom. The van der Waals surface area contributed by atoms with Crippen molar-refractivity contribution in [2.75, 3.05) is 20.8 Å². The fourth-order valence-corrected chi connectivity index (χ4v) is 2.56. The van der Waals surface area contributed by atoms with Gasteiger partial charge in [0, 0.05) is 0 Å². The van der Waals surface area contributed by atoms with Crippen molar-refractivity contribution in [3.05, 3.63) is 72.0 Å². The van der Waals surface area contributed by atoms with Crippen LogP contribution in [0.1, 0.15) is 20.7 Å². The molecule has 0 unspecified atom stereocenters. The molecule has 2 aromatic rings. The highest BCUT2D eigenvalue weighted by molar-refractivity contribution is 5.90. The molecule has 0 N–H and O–H groups in total. The number of rotatable bonds is 7. The first-order valence-corrected chi connectivity index (χ1v) is 8.59. The molecule has 0 saturated heterocycles. The van der Waals surface area contributed by atoms with Crippen LogP contribution >= 0.6 is 0 Å². The van der Waals surface area contributed by atoms with Gasteiger partial charge in [0.1, 0.15) is 18.1 Å². The molecule has 0 saturated carbocycles. The van der Waals surface area contributed by atoms with E-state index >= 15 is 0 Å². The second-order valence-corrected chi connectivity index (χ2v) is 5.93. The number of carbonyl (C=O) groups excluding carboxylic acids is 2. The molecule has 1 aliphatic rings. The molecule has 7 heteroatoms. The molecule has 0 bridgehead atoms. The van der Waals surface area contributed by atoms with Crippen molar-refractivity contribution in [3.63, 3.8) is 0 Å². The molecule has 2 atom stereocenters. The quantitative estimate of drug-likeness (QED) is 0.679. The lowest BCUT2D eigenvalue weighted by Gasteiger charge is -2.19. The average Bonchev–Trinajstić information content (AvgIpc) is 3.19. The number of hydrogen-bond donors (Lipinski definition) is 0. The summed E-state index contributed by atoms with van der Waals surface area (Å²) in [6.07, 6.45) is 1.77. The Hall–Kier alpha value is -3.48. The van der Waals surface area contributed by atoms with Gasteiger partial charge in [0.25, 0.3) is 0 Å². The molecule has 0 radical (unpaired) electrons. The van der Waals surface area contributed by atoms with E-state index in [1.807, 2.05) is 0 Å². The molecule has 3 rings (SSSR count). The molecule has 1 aliphatic heterocycles. The summed E-state index contributed by atoms with van der Waals surface area (Å²) in [5, 5.41) is 0. The first-order valence-electron chi connectivity index (χ1n) is 8.59. The van der Waals surface area contributed by atoms with Crippen molar-refractivity contribution in [2.45, 2.75) is 12.2 Å². The molecule has 0 aromatic heterocycles. The summed E-state index contributed by atoms with van der Waals surface area (Å²) in [7, 11) is 3.09. The normalized spacial score (nSPS) is 17.5. The lowest BCUT2D eigenvalue weighted by Crippen LogP contribution is -2.32. The topological polar surface area (TPSA) is 80.3 Å².